The largest absolute Gasteiger partial charge is 0.382 e. The number of hydrogen-bond acceptors (Lipinski definition) is 4. The Balaban J connectivity index is 2.95. The smallest absolute Gasteiger partial charge is 0.182 e. The molecule has 0 unspecified atom stereocenters. The Bertz CT molecular complexity index is 352. The highest BCUT2D eigenvalue weighted by Gasteiger charge is 1.99. The highest BCUT2D eigenvalue weighted by Crippen LogP contribution is 2.09. The standard InChI is InChI=1S/C5H5N5/c6-4-3-5(9-1-7-3)10-2-8-4/h1-2H,(H3,6,7,8,9,10)/i6+1,9+1. The van der Waals surface area contributed by atoms with E-state index >= 15 is 0 Å². The monoisotopic (exact) mass is 137 g/mol. The summed E-state index contributed by atoms with van der Waals surface area (Å²) in [6.45, 7) is 0. The van der Waals surface area contributed by atoms with Gasteiger partial charge in [-0.3, -0.25) is 0 Å². The molecule has 0 aliphatic rings. The lowest BCUT2D eigenvalue weighted by Crippen LogP contribution is -1.91. The van der Waals surface area contributed by atoms with Crippen LogP contribution in [0.15, 0.2) is 12.7 Å². The van der Waals surface area contributed by atoms with Crippen LogP contribution in [0.1, 0.15) is 0 Å². The van der Waals surface area contributed by atoms with Gasteiger partial charge in [0.1, 0.15) is 11.8 Å². The van der Waals surface area contributed by atoms with E-state index in [4.69, 9.17) is 5.73 Å². The van der Waals surface area contributed by atoms with Crippen LogP contribution in [0.5, 0.6) is 0 Å². The lowest BCUT2D eigenvalue weighted by Gasteiger charge is -1.89. The molecular weight excluding hydrogens is 132 g/mol. The number of aromatic nitrogens is 4. The fourth-order valence-corrected chi connectivity index (χ4v) is 0.784. The van der Waals surface area contributed by atoms with Gasteiger partial charge in [-0.15, -0.1) is 0 Å². The van der Waals surface area contributed by atoms with Crippen LogP contribution in [-0.4, -0.2) is 19.9 Å². The van der Waals surface area contributed by atoms with E-state index in [1.165, 1.54) is 12.7 Å². The molecule has 2 rings (SSSR count). The normalized spacial score (nSPS) is 10.4. The third-order valence-corrected chi connectivity index (χ3v) is 1.25. The number of nitrogens with zero attached hydrogens (tertiary/aromatic N) is 3. The summed E-state index contributed by atoms with van der Waals surface area (Å²) in [6.07, 6.45) is 2.92. The van der Waals surface area contributed by atoms with Gasteiger partial charge in [0.15, 0.2) is 11.5 Å². The molecule has 0 aliphatic heterocycles. The molecule has 0 fully saturated rings. The molecule has 10 heavy (non-hydrogen) atoms. The van der Waals surface area contributed by atoms with E-state index in [0.29, 0.717) is 17.0 Å². The summed E-state index contributed by atoms with van der Waals surface area (Å²) < 4.78 is 0. The second-order valence-corrected chi connectivity index (χ2v) is 1.86. The lowest BCUT2D eigenvalue weighted by atomic mass is 10.5. The maximum Gasteiger partial charge on any atom is 0.182 e. The van der Waals surface area contributed by atoms with E-state index in [1.54, 1.807) is 0 Å². The number of aromatic amines is 1. The van der Waals surface area contributed by atoms with E-state index in [9.17, 15) is 0 Å². The second-order valence-electron chi connectivity index (χ2n) is 1.86. The number of anilines is 1. The number of fused-ring (bicyclic) bond motifs is 1. The molecule has 2 aromatic heterocycles. The zero-order valence-corrected chi connectivity index (χ0v) is 5.07. The molecule has 0 saturated heterocycles. The van der Waals surface area contributed by atoms with Crippen molar-refractivity contribution in [3.63, 3.8) is 0 Å². The van der Waals surface area contributed by atoms with E-state index in [1.807, 2.05) is 0 Å². The van der Waals surface area contributed by atoms with E-state index in [-0.39, 0.29) is 0 Å². The molecule has 5 heteroatoms. The maximum atomic E-state index is 5.48. The molecule has 0 saturated carbocycles. The first-order chi connectivity index (χ1) is 4.88. The maximum absolute atomic E-state index is 5.48. The van der Waals surface area contributed by atoms with Crippen molar-refractivity contribution in [2.75, 3.05) is 5.73 Å². The summed E-state index contributed by atoms with van der Waals surface area (Å²) >= 11 is 0. The average Bonchev–Trinajstić information content (AvgIpc) is 2.36. The van der Waals surface area contributed by atoms with E-state index in [0.717, 1.165) is 0 Å². The fourth-order valence-electron chi connectivity index (χ4n) is 0.784. The predicted molar refractivity (Wildman–Crippen MR) is 36.1 cm³/mol. The lowest BCUT2D eigenvalue weighted by molar-refractivity contribution is 1.21. The predicted octanol–water partition coefficient (Wildman–Crippen LogP) is -0.0649. The summed E-state index contributed by atoms with van der Waals surface area (Å²) in [5.74, 6) is 0.433. The summed E-state index contributed by atoms with van der Waals surface area (Å²) in [5, 5.41) is 0. The van der Waals surface area contributed by atoms with Crippen LogP contribution in [0.4, 0.5) is 5.82 Å². The van der Waals surface area contributed by atoms with Crippen LogP contribution in [0.3, 0.4) is 0 Å². The number of hydrogen-bond donors (Lipinski definition) is 2. The number of nitrogens with two attached hydrogens (primary N) is 1. The Hall–Kier alpha value is -1.65. The van der Waals surface area contributed by atoms with Crippen LogP contribution >= 0.6 is 0 Å². The third-order valence-electron chi connectivity index (χ3n) is 1.25. The fraction of sp³-hybridized carbons (Fsp3) is 0. The third kappa shape index (κ3) is 0.540. The zero-order chi connectivity index (χ0) is 6.97. The van der Waals surface area contributed by atoms with Crippen molar-refractivity contribution in [2.24, 2.45) is 0 Å². The summed E-state index contributed by atoms with van der Waals surface area (Å²) in [7, 11) is 0. The first-order valence-electron chi connectivity index (χ1n) is 2.77. The Labute approximate surface area is 56.3 Å². The molecule has 50 valence electrons. The number of imidazole rings is 1. The van der Waals surface area contributed by atoms with Crippen LogP contribution in [0.2, 0.25) is 0 Å². The zero-order valence-electron chi connectivity index (χ0n) is 5.07. The van der Waals surface area contributed by atoms with Crippen molar-refractivity contribution in [3.05, 3.63) is 12.7 Å². The highest BCUT2D eigenvalue weighted by atomic mass is 15.5. The molecule has 0 atom stereocenters. The minimum Gasteiger partial charge on any atom is -0.382 e. The molecule has 0 radical (unpaired) electrons. The Morgan fingerprint density at radius 3 is 3.00 bits per heavy atom. The Kier molecular flexibility index (Phi) is 0.858. The van der Waals surface area contributed by atoms with Gasteiger partial charge in [-0.05, 0) is 0 Å². The van der Waals surface area contributed by atoms with Gasteiger partial charge in [-0.2, -0.15) is 0 Å². The molecular formula is C5H5N5. The van der Waals surface area contributed by atoms with Gasteiger partial charge in [-0.1, -0.05) is 0 Å². The highest BCUT2D eigenvalue weighted by molar-refractivity contribution is 5.80. The quantitative estimate of drug-likeness (QED) is 0.498. The van der Waals surface area contributed by atoms with Crippen molar-refractivity contribution in [3.8, 4) is 0 Å². The molecule has 0 bridgehead atoms. The van der Waals surface area contributed by atoms with Crippen LogP contribution in [-0.2, 0) is 0 Å². The topological polar surface area (TPSA) is 80.5 Å². The van der Waals surface area contributed by atoms with Crippen molar-refractivity contribution < 1.29 is 0 Å². The first-order valence-corrected chi connectivity index (χ1v) is 2.77. The van der Waals surface area contributed by atoms with Crippen molar-refractivity contribution in [1.82, 2.24) is 19.9 Å². The first kappa shape index (κ1) is 5.16. The average molecular weight is 137 g/mol. The van der Waals surface area contributed by atoms with Crippen molar-refractivity contribution >= 4 is 17.0 Å². The molecule has 0 amide bonds. The molecule has 5 nitrogen and oxygen atoms in total. The van der Waals surface area contributed by atoms with E-state index in [2.05, 4.69) is 19.9 Å². The van der Waals surface area contributed by atoms with Gasteiger partial charge in [0.2, 0.25) is 0 Å². The Morgan fingerprint density at radius 1 is 1.30 bits per heavy atom. The minimum atomic E-state index is 0.433. The number of nitrogens with one attached hydrogen (secondary N) is 1. The SMILES string of the molecule is [15NH2]c1ncnc2[15n]c[nH]c12. The van der Waals surface area contributed by atoms with Gasteiger partial charge >= 0.3 is 0 Å². The van der Waals surface area contributed by atoms with Gasteiger partial charge in [0.05, 0.1) is 6.33 Å². The number of nitrogen functional groups attached to an aromatic ring is 1. The molecule has 0 aliphatic carbocycles. The van der Waals surface area contributed by atoms with Gasteiger partial charge in [0, 0.05) is 0 Å². The van der Waals surface area contributed by atoms with Crippen LogP contribution < -0.4 is 5.73 Å². The molecule has 0 aromatic carbocycles. The van der Waals surface area contributed by atoms with Crippen molar-refractivity contribution in [1.29, 1.82) is 0 Å². The van der Waals surface area contributed by atoms with Gasteiger partial charge in [-0.25, -0.2) is 15.0 Å². The van der Waals surface area contributed by atoms with Crippen LogP contribution in [0.25, 0.3) is 11.2 Å². The van der Waals surface area contributed by atoms with Crippen LogP contribution in [0, 0.1) is 0 Å². The molecule has 0 spiro atoms. The van der Waals surface area contributed by atoms with Gasteiger partial charge in [0.25, 0.3) is 0 Å². The van der Waals surface area contributed by atoms with Crippen molar-refractivity contribution in [2.45, 2.75) is 0 Å². The van der Waals surface area contributed by atoms with Gasteiger partial charge < -0.3 is 10.7 Å². The minimum absolute atomic E-state index is 0.433. The summed E-state index contributed by atoms with van der Waals surface area (Å²) in [5.41, 5.74) is 6.78. The second kappa shape index (κ2) is 1.66. The summed E-state index contributed by atoms with van der Waals surface area (Å²) in [6, 6.07) is 0. The molecule has 2 heterocycles. The molecule has 3 N–H and O–H groups in total. The Morgan fingerprint density at radius 2 is 2.20 bits per heavy atom. The number of H-pyrrole nitrogens is 1. The van der Waals surface area contributed by atoms with E-state index < -0.39 is 0 Å². The number of rotatable bonds is 0. The summed E-state index contributed by atoms with van der Waals surface area (Å²) in [4.78, 5) is 14.4. The molecule has 2 aromatic rings.